The molecular formula is C17H11N7O5. The molecule has 0 spiro atoms. The number of nitriles is 1. The van der Waals surface area contributed by atoms with Crippen LogP contribution in [0.1, 0.15) is 5.56 Å². The molecule has 12 nitrogen and oxygen atoms in total. The lowest BCUT2D eigenvalue weighted by atomic mass is 10.1. The van der Waals surface area contributed by atoms with E-state index >= 15 is 0 Å². The van der Waals surface area contributed by atoms with Crippen molar-refractivity contribution >= 4 is 23.1 Å². The fourth-order valence-corrected chi connectivity index (χ4v) is 2.52. The first-order chi connectivity index (χ1) is 13.8. The normalized spacial score (nSPS) is 10.2. The monoisotopic (exact) mass is 393 g/mol. The van der Waals surface area contributed by atoms with E-state index in [4.69, 9.17) is 16.2 Å². The standard InChI is InChI=1S/C17H11N7O5/c18-8-11-15(21-17(20)22-16(11)19)10-3-1-2-4-13(10)29-14-6-5-9(23(25)26)7-12(14)24(27)28/h1-7H,(H4,19,20,21,22). The first kappa shape index (κ1) is 19.0. The molecule has 0 atom stereocenters. The maximum Gasteiger partial charge on any atom is 0.318 e. The van der Waals surface area contributed by atoms with Crippen molar-refractivity contribution in [1.82, 2.24) is 9.97 Å². The number of nitrogens with two attached hydrogens (primary N) is 2. The molecule has 0 saturated carbocycles. The van der Waals surface area contributed by atoms with Gasteiger partial charge in [0, 0.05) is 11.6 Å². The van der Waals surface area contributed by atoms with Gasteiger partial charge in [0.15, 0.2) is 0 Å². The minimum atomic E-state index is -0.799. The fourth-order valence-electron chi connectivity index (χ4n) is 2.52. The van der Waals surface area contributed by atoms with E-state index in [1.54, 1.807) is 18.2 Å². The van der Waals surface area contributed by atoms with Crippen LogP contribution >= 0.6 is 0 Å². The third-order valence-corrected chi connectivity index (χ3v) is 3.78. The molecule has 0 aliphatic heterocycles. The zero-order valence-corrected chi connectivity index (χ0v) is 14.5. The molecule has 0 radical (unpaired) electrons. The lowest BCUT2D eigenvalue weighted by Gasteiger charge is -2.12. The molecule has 2 aromatic carbocycles. The third-order valence-electron chi connectivity index (χ3n) is 3.78. The second-order valence-corrected chi connectivity index (χ2v) is 5.57. The molecule has 0 amide bonds. The highest BCUT2D eigenvalue weighted by Gasteiger charge is 2.23. The molecule has 0 saturated heterocycles. The highest BCUT2D eigenvalue weighted by molar-refractivity contribution is 5.77. The largest absolute Gasteiger partial charge is 0.449 e. The van der Waals surface area contributed by atoms with Gasteiger partial charge in [-0.1, -0.05) is 12.1 Å². The van der Waals surface area contributed by atoms with Gasteiger partial charge >= 0.3 is 5.69 Å². The molecule has 1 heterocycles. The molecule has 144 valence electrons. The van der Waals surface area contributed by atoms with Crippen molar-refractivity contribution in [2.24, 2.45) is 0 Å². The molecule has 3 rings (SSSR count). The molecule has 0 aliphatic rings. The minimum Gasteiger partial charge on any atom is -0.449 e. The second-order valence-electron chi connectivity index (χ2n) is 5.57. The number of nitrogen functional groups attached to an aromatic ring is 2. The topological polar surface area (TPSA) is 197 Å². The van der Waals surface area contributed by atoms with Crippen LogP contribution in [0.5, 0.6) is 11.5 Å². The van der Waals surface area contributed by atoms with Crippen LogP contribution in [0, 0.1) is 31.6 Å². The summed E-state index contributed by atoms with van der Waals surface area (Å²) in [7, 11) is 0. The predicted molar refractivity (Wildman–Crippen MR) is 101 cm³/mol. The Labute approximate surface area is 162 Å². The van der Waals surface area contributed by atoms with Gasteiger partial charge in [0.1, 0.15) is 23.2 Å². The van der Waals surface area contributed by atoms with Gasteiger partial charge in [0.05, 0.1) is 21.6 Å². The summed E-state index contributed by atoms with van der Waals surface area (Å²) in [6.07, 6.45) is 0. The van der Waals surface area contributed by atoms with E-state index in [-0.39, 0.29) is 40.1 Å². The van der Waals surface area contributed by atoms with Crippen molar-refractivity contribution < 1.29 is 14.6 Å². The Balaban J connectivity index is 2.15. The Morgan fingerprint density at radius 1 is 1.00 bits per heavy atom. The van der Waals surface area contributed by atoms with E-state index in [0.29, 0.717) is 0 Å². The SMILES string of the molecule is N#Cc1c(N)nc(N)nc1-c1ccccc1Oc1ccc([N+](=O)[O-])cc1[N+](=O)[O-]. The number of para-hydroxylation sites is 1. The van der Waals surface area contributed by atoms with Gasteiger partial charge < -0.3 is 16.2 Å². The zero-order valence-electron chi connectivity index (χ0n) is 14.5. The third kappa shape index (κ3) is 3.69. The Morgan fingerprint density at radius 2 is 1.72 bits per heavy atom. The second kappa shape index (κ2) is 7.45. The average Bonchev–Trinajstić information content (AvgIpc) is 2.68. The van der Waals surface area contributed by atoms with Crippen LogP contribution in [0.2, 0.25) is 0 Å². The Bertz CT molecular complexity index is 1190. The number of non-ortho nitro benzene ring substituents is 1. The van der Waals surface area contributed by atoms with Crippen molar-refractivity contribution in [1.29, 1.82) is 5.26 Å². The number of ether oxygens (including phenoxy) is 1. The van der Waals surface area contributed by atoms with Crippen LogP contribution in [-0.4, -0.2) is 19.8 Å². The van der Waals surface area contributed by atoms with Gasteiger partial charge in [0.25, 0.3) is 5.69 Å². The summed E-state index contributed by atoms with van der Waals surface area (Å²) in [6, 6.07) is 11.1. The van der Waals surface area contributed by atoms with Crippen molar-refractivity contribution in [3.8, 4) is 28.8 Å². The first-order valence-electron chi connectivity index (χ1n) is 7.85. The van der Waals surface area contributed by atoms with Crippen LogP contribution < -0.4 is 16.2 Å². The van der Waals surface area contributed by atoms with E-state index in [1.165, 1.54) is 6.07 Å². The van der Waals surface area contributed by atoms with Crippen molar-refractivity contribution in [3.05, 3.63) is 68.3 Å². The highest BCUT2D eigenvalue weighted by atomic mass is 16.6. The summed E-state index contributed by atoms with van der Waals surface area (Å²) < 4.78 is 5.65. The molecule has 4 N–H and O–H groups in total. The molecule has 0 bridgehead atoms. The number of benzene rings is 2. The average molecular weight is 393 g/mol. The van der Waals surface area contributed by atoms with E-state index in [2.05, 4.69) is 9.97 Å². The van der Waals surface area contributed by atoms with E-state index in [0.717, 1.165) is 18.2 Å². The lowest BCUT2D eigenvalue weighted by Crippen LogP contribution is -2.05. The predicted octanol–water partition coefficient (Wildman–Crippen LogP) is 2.79. The van der Waals surface area contributed by atoms with Crippen molar-refractivity contribution in [2.45, 2.75) is 0 Å². The smallest absolute Gasteiger partial charge is 0.318 e. The van der Waals surface area contributed by atoms with Crippen molar-refractivity contribution in [2.75, 3.05) is 11.5 Å². The number of nitro benzene ring substituents is 2. The van der Waals surface area contributed by atoms with E-state index < -0.39 is 21.2 Å². The Kier molecular flexibility index (Phi) is 4.88. The highest BCUT2D eigenvalue weighted by Crippen LogP contribution is 2.39. The summed E-state index contributed by atoms with van der Waals surface area (Å²) in [5, 5.41) is 31.6. The summed E-state index contributed by atoms with van der Waals surface area (Å²) in [5.74, 6) is -0.446. The van der Waals surface area contributed by atoms with Gasteiger partial charge in [-0.25, -0.2) is 4.98 Å². The molecule has 12 heteroatoms. The summed E-state index contributed by atoms with van der Waals surface area (Å²) in [6.45, 7) is 0. The first-order valence-corrected chi connectivity index (χ1v) is 7.85. The number of hydrogen-bond acceptors (Lipinski definition) is 10. The Morgan fingerprint density at radius 3 is 2.38 bits per heavy atom. The van der Waals surface area contributed by atoms with Gasteiger partial charge in [0.2, 0.25) is 11.7 Å². The summed E-state index contributed by atoms with van der Waals surface area (Å²) >= 11 is 0. The molecule has 1 aromatic heterocycles. The fraction of sp³-hybridized carbons (Fsp3) is 0. The minimum absolute atomic E-state index is 0.0477. The van der Waals surface area contributed by atoms with Gasteiger partial charge in [-0.2, -0.15) is 10.2 Å². The molecular weight excluding hydrogens is 382 g/mol. The zero-order chi connectivity index (χ0) is 21.1. The number of rotatable bonds is 5. The summed E-state index contributed by atoms with van der Waals surface area (Å²) in [4.78, 5) is 28.4. The number of nitro groups is 2. The molecule has 0 unspecified atom stereocenters. The van der Waals surface area contributed by atoms with Crippen LogP contribution in [0.4, 0.5) is 23.1 Å². The Hall–Kier alpha value is -4.79. The van der Waals surface area contributed by atoms with Crippen LogP contribution in [-0.2, 0) is 0 Å². The quantitative estimate of drug-likeness (QED) is 0.480. The van der Waals surface area contributed by atoms with Crippen LogP contribution in [0.15, 0.2) is 42.5 Å². The molecule has 0 fully saturated rings. The van der Waals surface area contributed by atoms with Gasteiger partial charge in [-0.05, 0) is 18.2 Å². The van der Waals surface area contributed by atoms with Crippen LogP contribution in [0.3, 0.4) is 0 Å². The molecule has 3 aromatic rings. The maximum absolute atomic E-state index is 11.3. The summed E-state index contributed by atoms with van der Waals surface area (Å²) in [5.41, 5.74) is 10.6. The number of aromatic nitrogens is 2. The van der Waals surface area contributed by atoms with Crippen molar-refractivity contribution in [3.63, 3.8) is 0 Å². The molecule has 0 aliphatic carbocycles. The van der Waals surface area contributed by atoms with Gasteiger partial charge in [-0.3, -0.25) is 20.2 Å². The number of nitrogens with zero attached hydrogens (tertiary/aromatic N) is 5. The van der Waals surface area contributed by atoms with Gasteiger partial charge in [-0.15, -0.1) is 0 Å². The number of anilines is 2. The maximum atomic E-state index is 11.3. The number of hydrogen-bond donors (Lipinski definition) is 2. The van der Waals surface area contributed by atoms with E-state index in [9.17, 15) is 25.5 Å². The molecule has 29 heavy (non-hydrogen) atoms. The van der Waals surface area contributed by atoms with E-state index in [1.807, 2.05) is 6.07 Å². The van der Waals surface area contributed by atoms with Crippen LogP contribution in [0.25, 0.3) is 11.3 Å². The lowest BCUT2D eigenvalue weighted by molar-refractivity contribution is -0.394.